The fraction of sp³-hybridized carbons (Fsp3) is 0.238. The lowest BCUT2D eigenvalue weighted by molar-refractivity contribution is -0.140. The van der Waals surface area contributed by atoms with Crippen molar-refractivity contribution in [3.63, 3.8) is 0 Å². The minimum atomic E-state index is -0.296. The zero-order valence-corrected chi connectivity index (χ0v) is 16.9. The number of rotatable bonds is 7. The molecular weight excluding hydrogens is 384 g/mol. The third-order valence-electron chi connectivity index (χ3n) is 4.58. The minimum absolute atomic E-state index is 0.0145. The number of nitrogens with two attached hydrogens (primary N) is 2. The maximum Gasteiger partial charge on any atom is 0.305 e. The number of aryl methyl sites for hydroxylation is 1. The van der Waals surface area contributed by atoms with Gasteiger partial charge in [0.25, 0.3) is 5.91 Å². The number of hydrogen-bond donors (Lipinski definition) is 3. The second-order valence-corrected chi connectivity index (χ2v) is 6.72. The number of nitrogens with zero attached hydrogens (tertiary/aromatic N) is 3. The van der Waals surface area contributed by atoms with Crippen molar-refractivity contribution in [1.82, 2.24) is 14.9 Å². The third-order valence-corrected chi connectivity index (χ3v) is 4.58. The highest BCUT2D eigenvalue weighted by molar-refractivity contribution is 5.98. The van der Waals surface area contributed by atoms with Crippen LogP contribution in [-0.2, 0) is 16.6 Å². The average Bonchev–Trinajstić information content (AvgIpc) is 3.06. The first-order valence-electron chi connectivity index (χ1n) is 9.40. The number of guanidine groups is 1. The van der Waals surface area contributed by atoms with E-state index < -0.39 is 0 Å². The number of esters is 1. The molecule has 9 heteroatoms. The molecule has 0 unspecified atom stereocenters. The monoisotopic (exact) mass is 408 g/mol. The van der Waals surface area contributed by atoms with E-state index in [1.165, 1.54) is 7.11 Å². The Kier molecular flexibility index (Phi) is 6.31. The molecule has 0 radical (unpaired) electrons. The molecule has 9 nitrogen and oxygen atoms in total. The van der Waals surface area contributed by atoms with Gasteiger partial charge in [0.2, 0.25) is 0 Å². The largest absolute Gasteiger partial charge is 0.469 e. The highest BCUT2D eigenvalue weighted by Crippen LogP contribution is 2.27. The summed E-state index contributed by atoms with van der Waals surface area (Å²) < 4.78 is 6.53. The van der Waals surface area contributed by atoms with Crippen molar-refractivity contribution >= 4 is 34.6 Å². The van der Waals surface area contributed by atoms with Crippen molar-refractivity contribution in [2.45, 2.75) is 12.8 Å². The first kappa shape index (κ1) is 20.8. The number of ether oxygens (including phenoxy) is 1. The van der Waals surface area contributed by atoms with Gasteiger partial charge in [0.05, 0.1) is 23.8 Å². The Labute approximate surface area is 173 Å². The number of carbonyl (C=O) groups excluding carboxylic acids is 2. The Morgan fingerprint density at radius 1 is 1.20 bits per heavy atom. The van der Waals surface area contributed by atoms with E-state index in [0.717, 1.165) is 16.9 Å². The number of amides is 1. The smallest absolute Gasteiger partial charge is 0.305 e. The number of fused-ring (bicyclic) bond motifs is 1. The Morgan fingerprint density at radius 2 is 2.00 bits per heavy atom. The topological polar surface area (TPSA) is 138 Å². The predicted molar refractivity (Wildman–Crippen MR) is 115 cm³/mol. The summed E-state index contributed by atoms with van der Waals surface area (Å²) in [5.74, 6) is 0.201. The number of aromatic nitrogens is 2. The van der Waals surface area contributed by atoms with Crippen LogP contribution in [0.15, 0.2) is 47.5 Å². The maximum atomic E-state index is 12.4. The fourth-order valence-electron chi connectivity index (χ4n) is 3.10. The van der Waals surface area contributed by atoms with Gasteiger partial charge in [-0.15, -0.1) is 0 Å². The van der Waals surface area contributed by atoms with Gasteiger partial charge in [0.15, 0.2) is 5.96 Å². The van der Waals surface area contributed by atoms with Crippen molar-refractivity contribution in [2.75, 3.05) is 13.7 Å². The summed E-state index contributed by atoms with van der Waals surface area (Å²) in [6.07, 6.45) is 0.777. The molecule has 1 heterocycles. The van der Waals surface area contributed by atoms with Crippen LogP contribution in [0.1, 0.15) is 23.2 Å². The summed E-state index contributed by atoms with van der Waals surface area (Å²) in [6, 6.07) is 12.8. The quantitative estimate of drug-likeness (QED) is 0.236. The number of aliphatic imine (C=N–C) groups is 1. The van der Waals surface area contributed by atoms with E-state index in [2.05, 4.69) is 20.0 Å². The zero-order valence-electron chi connectivity index (χ0n) is 16.9. The van der Waals surface area contributed by atoms with E-state index in [-0.39, 0.29) is 24.3 Å². The Morgan fingerprint density at radius 3 is 2.73 bits per heavy atom. The molecule has 3 aromatic rings. The maximum absolute atomic E-state index is 12.4. The van der Waals surface area contributed by atoms with Crippen molar-refractivity contribution in [1.29, 1.82) is 0 Å². The van der Waals surface area contributed by atoms with E-state index in [1.807, 2.05) is 35.9 Å². The SMILES string of the molecule is COC(=O)CCCNC(=O)c1ccc2c(c1)nc(-c1cccc(N=C(N)N)c1)n2C. The number of carbonyl (C=O) groups is 2. The van der Waals surface area contributed by atoms with Crippen molar-refractivity contribution in [3.8, 4) is 11.4 Å². The van der Waals surface area contributed by atoms with Gasteiger partial charge in [-0.1, -0.05) is 12.1 Å². The first-order valence-corrected chi connectivity index (χ1v) is 9.40. The van der Waals surface area contributed by atoms with E-state index in [0.29, 0.717) is 29.7 Å². The van der Waals surface area contributed by atoms with Gasteiger partial charge in [-0.2, -0.15) is 0 Å². The van der Waals surface area contributed by atoms with Crippen LogP contribution in [0.3, 0.4) is 0 Å². The number of methoxy groups -OCH3 is 1. The molecule has 0 atom stereocenters. The molecule has 30 heavy (non-hydrogen) atoms. The predicted octanol–water partition coefficient (Wildman–Crippen LogP) is 1.83. The van der Waals surface area contributed by atoms with Gasteiger partial charge < -0.3 is 26.1 Å². The number of imidazole rings is 1. The van der Waals surface area contributed by atoms with E-state index in [1.54, 1.807) is 18.2 Å². The highest BCUT2D eigenvalue weighted by Gasteiger charge is 2.13. The number of hydrogen-bond acceptors (Lipinski definition) is 5. The molecule has 1 amide bonds. The van der Waals surface area contributed by atoms with Crippen LogP contribution in [0.4, 0.5) is 5.69 Å². The molecule has 2 aromatic carbocycles. The van der Waals surface area contributed by atoms with Crippen LogP contribution in [0, 0.1) is 0 Å². The summed E-state index contributed by atoms with van der Waals surface area (Å²) in [6.45, 7) is 0.386. The summed E-state index contributed by atoms with van der Waals surface area (Å²) in [4.78, 5) is 32.3. The van der Waals surface area contributed by atoms with Crippen molar-refractivity contribution < 1.29 is 14.3 Å². The number of benzene rings is 2. The lowest BCUT2D eigenvalue weighted by atomic mass is 10.2. The van der Waals surface area contributed by atoms with E-state index in [4.69, 9.17) is 11.5 Å². The first-order chi connectivity index (χ1) is 14.4. The van der Waals surface area contributed by atoms with Crippen molar-refractivity contribution in [3.05, 3.63) is 48.0 Å². The van der Waals surface area contributed by atoms with Crippen LogP contribution in [0.25, 0.3) is 22.4 Å². The van der Waals surface area contributed by atoms with Crippen LogP contribution in [-0.4, -0.2) is 41.0 Å². The van der Waals surface area contributed by atoms with Crippen LogP contribution in [0.2, 0.25) is 0 Å². The summed E-state index contributed by atoms with van der Waals surface area (Å²) in [5.41, 5.74) is 14.5. The molecule has 0 aliphatic rings. The van der Waals surface area contributed by atoms with Gasteiger partial charge in [-0.3, -0.25) is 9.59 Å². The normalized spacial score (nSPS) is 10.6. The lowest BCUT2D eigenvalue weighted by Gasteiger charge is -2.05. The fourth-order valence-corrected chi connectivity index (χ4v) is 3.10. The molecule has 0 saturated carbocycles. The Bertz CT molecular complexity index is 1120. The summed E-state index contributed by atoms with van der Waals surface area (Å²) in [7, 11) is 3.25. The molecule has 0 bridgehead atoms. The molecule has 156 valence electrons. The molecular formula is C21H24N6O3. The summed E-state index contributed by atoms with van der Waals surface area (Å²) >= 11 is 0. The van der Waals surface area contributed by atoms with Gasteiger partial charge in [-0.05, 0) is 36.8 Å². The minimum Gasteiger partial charge on any atom is -0.469 e. The third kappa shape index (κ3) is 4.75. The van der Waals surface area contributed by atoms with Crippen LogP contribution < -0.4 is 16.8 Å². The summed E-state index contributed by atoms with van der Waals surface area (Å²) in [5, 5.41) is 2.80. The average molecular weight is 408 g/mol. The van der Waals surface area contributed by atoms with Gasteiger partial charge in [-0.25, -0.2) is 9.98 Å². The van der Waals surface area contributed by atoms with Gasteiger partial charge >= 0.3 is 5.97 Å². The van der Waals surface area contributed by atoms with E-state index in [9.17, 15) is 9.59 Å². The van der Waals surface area contributed by atoms with Crippen molar-refractivity contribution in [2.24, 2.45) is 23.5 Å². The number of nitrogens with one attached hydrogen (secondary N) is 1. The molecule has 0 spiro atoms. The van der Waals surface area contributed by atoms with Gasteiger partial charge in [0.1, 0.15) is 5.82 Å². The standard InChI is InChI=1S/C21H24N6O3/c1-27-17-9-8-14(20(29)24-10-4-7-18(28)30-2)12-16(17)26-19(27)13-5-3-6-15(11-13)25-21(22)23/h3,5-6,8-9,11-12H,4,7,10H2,1-2H3,(H,24,29)(H4,22,23,25). The van der Waals surface area contributed by atoms with Gasteiger partial charge in [0, 0.05) is 31.1 Å². The van der Waals surface area contributed by atoms with Crippen LogP contribution >= 0.6 is 0 Å². The second-order valence-electron chi connectivity index (χ2n) is 6.72. The van der Waals surface area contributed by atoms with Crippen LogP contribution in [0.5, 0.6) is 0 Å². The zero-order chi connectivity index (χ0) is 21.7. The Hall–Kier alpha value is -3.88. The molecule has 0 aliphatic heterocycles. The molecule has 1 aromatic heterocycles. The molecule has 0 aliphatic carbocycles. The highest BCUT2D eigenvalue weighted by atomic mass is 16.5. The second kappa shape index (κ2) is 9.08. The Balaban J connectivity index is 1.81. The lowest BCUT2D eigenvalue weighted by Crippen LogP contribution is -2.24. The molecule has 0 saturated heterocycles. The molecule has 3 rings (SSSR count). The van der Waals surface area contributed by atoms with E-state index >= 15 is 0 Å². The molecule has 0 fully saturated rings. The molecule has 5 N–H and O–H groups in total.